The van der Waals surface area contributed by atoms with Gasteiger partial charge in [-0.1, -0.05) is 29.5 Å². The predicted molar refractivity (Wildman–Crippen MR) is 79.3 cm³/mol. The van der Waals surface area contributed by atoms with Crippen molar-refractivity contribution in [3.05, 3.63) is 60.4 Å². The first-order chi connectivity index (χ1) is 11.5. The summed E-state index contributed by atoms with van der Waals surface area (Å²) in [7, 11) is 0. The second-order valence-corrected chi connectivity index (χ2v) is 4.85. The molecule has 0 fully saturated rings. The molecule has 0 unspecified atom stereocenters. The summed E-state index contributed by atoms with van der Waals surface area (Å²) in [5, 5.41) is 9.99. The number of alkyl halides is 3. The molecule has 124 valence electrons. The SMILES string of the molecule is FC(F)(F)Oc1ccc(-c2cccc(OCc3c[nH]nn3)c2)cc1. The zero-order valence-corrected chi connectivity index (χ0v) is 12.2. The van der Waals surface area contributed by atoms with Crippen molar-refractivity contribution in [3.63, 3.8) is 0 Å². The van der Waals surface area contributed by atoms with Crippen LogP contribution in [0.2, 0.25) is 0 Å². The average Bonchev–Trinajstić information content (AvgIpc) is 3.06. The molecule has 0 spiro atoms. The van der Waals surface area contributed by atoms with Crippen molar-refractivity contribution in [2.45, 2.75) is 13.0 Å². The van der Waals surface area contributed by atoms with E-state index in [-0.39, 0.29) is 12.4 Å². The number of aromatic nitrogens is 3. The molecule has 0 bridgehead atoms. The van der Waals surface area contributed by atoms with Crippen LogP contribution in [0, 0.1) is 0 Å². The number of aromatic amines is 1. The Morgan fingerprint density at radius 3 is 2.42 bits per heavy atom. The number of hydrogen-bond acceptors (Lipinski definition) is 4. The zero-order valence-electron chi connectivity index (χ0n) is 12.2. The van der Waals surface area contributed by atoms with Gasteiger partial charge in [0.05, 0.1) is 0 Å². The van der Waals surface area contributed by atoms with Crippen molar-refractivity contribution in [2.24, 2.45) is 0 Å². The lowest BCUT2D eigenvalue weighted by Crippen LogP contribution is -2.16. The van der Waals surface area contributed by atoms with Gasteiger partial charge >= 0.3 is 6.36 Å². The van der Waals surface area contributed by atoms with Crippen molar-refractivity contribution in [2.75, 3.05) is 0 Å². The standard InChI is InChI=1S/C16H12F3N3O2/c17-16(18,19)24-14-6-4-11(5-7-14)12-2-1-3-15(8-12)23-10-13-9-20-22-21-13/h1-9H,10H2,(H,20,21,22). The highest BCUT2D eigenvalue weighted by molar-refractivity contribution is 5.65. The number of hydrogen-bond donors (Lipinski definition) is 1. The Hall–Kier alpha value is -3.03. The molecule has 1 heterocycles. The molecule has 5 nitrogen and oxygen atoms in total. The zero-order chi connectivity index (χ0) is 17.0. The summed E-state index contributed by atoms with van der Waals surface area (Å²) in [4.78, 5) is 0. The van der Waals surface area contributed by atoms with Crippen LogP contribution in [0.5, 0.6) is 11.5 Å². The Bertz CT molecular complexity index is 787. The summed E-state index contributed by atoms with van der Waals surface area (Å²) in [6, 6.07) is 12.9. The molecular formula is C16H12F3N3O2. The van der Waals surface area contributed by atoms with Crippen molar-refractivity contribution < 1.29 is 22.6 Å². The molecule has 8 heteroatoms. The van der Waals surface area contributed by atoms with E-state index < -0.39 is 6.36 Å². The van der Waals surface area contributed by atoms with E-state index in [2.05, 4.69) is 20.1 Å². The highest BCUT2D eigenvalue weighted by Crippen LogP contribution is 2.28. The smallest absolute Gasteiger partial charge is 0.487 e. The summed E-state index contributed by atoms with van der Waals surface area (Å²) in [5.74, 6) is 0.357. The van der Waals surface area contributed by atoms with Gasteiger partial charge in [0, 0.05) is 6.20 Å². The summed E-state index contributed by atoms with van der Waals surface area (Å²) in [6.07, 6.45) is -3.07. The van der Waals surface area contributed by atoms with E-state index in [1.165, 1.54) is 12.1 Å². The van der Waals surface area contributed by atoms with Gasteiger partial charge in [-0.3, -0.25) is 5.10 Å². The van der Waals surface area contributed by atoms with E-state index in [4.69, 9.17) is 4.74 Å². The van der Waals surface area contributed by atoms with Crippen molar-refractivity contribution in [3.8, 4) is 22.6 Å². The Morgan fingerprint density at radius 2 is 1.75 bits per heavy atom. The largest absolute Gasteiger partial charge is 0.573 e. The number of benzene rings is 2. The normalized spacial score (nSPS) is 11.3. The van der Waals surface area contributed by atoms with E-state index in [0.717, 1.165) is 11.1 Å². The van der Waals surface area contributed by atoms with Crippen LogP contribution >= 0.6 is 0 Å². The molecular weight excluding hydrogens is 323 g/mol. The van der Waals surface area contributed by atoms with E-state index in [0.29, 0.717) is 11.4 Å². The lowest BCUT2D eigenvalue weighted by Gasteiger charge is -2.10. The number of ether oxygens (including phenoxy) is 2. The van der Waals surface area contributed by atoms with Gasteiger partial charge < -0.3 is 9.47 Å². The van der Waals surface area contributed by atoms with Gasteiger partial charge in [0.2, 0.25) is 0 Å². The Balaban J connectivity index is 1.71. The fourth-order valence-electron chi connectivity index (χ4n) is 2.07. The highest BCUT2D eigenvalue weighted by atomic mass is 19.4. The average molecular weight is 335 g/mol. The lowest BCUT2D eigenvalue weighted by molar-refractivity contribution is -0.274. The van der Waals surface area contributed by atoms with Crippen LogP contribution in [0.3, 0.4) is 0 Å². The maximum Gasteiger partial charge on any atom is 0.573 e. The third kappa shape index (κ3) is 4.25. The maximum absolute atomic E-state index is 12.2. The fraction of sp³-hybridized carbons (Fsp3) is 0.125. The number of rotatable bonds is 5. The third-order valence-electron chi connectivity index (χ3n) is 3.11. The molecule has 0 aliphatic rings. The molecule has 1 aromatic heterocycles. The minimum Gasteiger partial charge on any atom is -0.487 e. The van der Waals surface area contributed by atoms with Crippen LogP contribution in [0.15, 0.2) is 54.7 Å². The molecule has 2 aromatic carbocycles. The lowest BCUT2D eigenvalue weighted by atomic mass is 10.1. The van der Waals surface area contributed by atoms with Crippen molar-refractivity contribution in [1.82, 2.24) is 15.4 Å². The number of nitrogens with one attached hydrogen (secondary N) is 1. The summed E-state index contributed by atoms with van der Waals surface area (Å²) < 4.78 is 46.0. The van der Waals surface area contributed by atoms with Gasteiger partial charge in [0.15, 0.2) is 0 Å². The first kappa shape index (κ1) is 15.9. The van der Waals surface area contributed by atoms with Gasteiger partial charge in [-0.25, -0.2) is 0 Å². The number of nitrogens with zero attached hydrogens (tertiary/aromatic N) is 2. The summed E-state index contributed by atoms with van der Waals surface area (Å²) in [5.41, 5.74) is 2.22. The predicted octanol–water partition coefficient (Wildman–Crippen LogP) is 3.95. The van der Waals surface area contributed by atoms with Crippen LogP contribution < -0.4 is 9.47 Å². The molecule has 1 N–H and O–H groups in total. The summed E-state index contributed by atoms with van der Waals surface area (Å²) in [6.45, 7) is 0.262. The highest BCUT2D eigenvalue weighted by Gasteiger charge is 2.30. The molecule has 0 amide bonds. The van der Waals surface area contributed by atoms with E-state index >= 15 is 0 Å². The van der Waals surface area contributed by atoms with Gasteiger partial charge in [-0.05, 0) is 35.4 Å². The fourth-order valence-corrected chi connectivity index (χ4v) is 2.07. The Labute approximate surface area is 135 Å². The molecule has 24 heavy (non-hydrogen) atoms. The molecule has 0 aliphatic carbocycles. The molecule has 3 rings (SSSR count). The second kappa shape index (κ2) is 6.61. The Morgan fingerprint density at radius 1 is 0.958 bits per heavy atom. The topological polar surface area (TPSA) is 60.0 Å². The van der Waals surface area contributed by atoms with Gasteiger partial charge in [0.25, 0.3) is 0 Å². The van der Waals surface area contributed by atoms with Crippen LogP contribution in [-0.4, -0.2) is 21.8 Å². The third-order valence-corrected chi connectivity index (χ3v) is 3.11. The van der Waals surface area contributed by atoms with Gasteiger partial charge in [0.1, 0.15) is 23.8 Å². The van der Waals surface area contributed by atoms with Crippen molar-refractivity contribution >= 4 is 0 Å². The first-order valence-corrected chi connectivity index (χ1v) is 6.94. The second-order valence-electron chi connectivity index (χ2n) is 4.85. The van der Waals surface area contributed by atoms with E-state index in [9.17, 15) is 13.2 Å². The van der Waals surface area contributed by atoms with Crippen LogP contribution in [0.4, 0.5) is 13.2 Å². The van der Waals surface area contributed by atoms with Gasteiger partial charge in [-0.2, -0.15) is 0 Å². The molecule has 0 saturated carbocycles. The summed E-state index contributed by atoms with van der Waals surface area (Å²) >= 11 is 0. The van der Waals surface area contributed by atoms with E-state index in [1.54, 1.807) is 36.5 Å². The first-order valence-electron chi connectivity index (χ1n) is 6.94. The van der Waals surface area contributed by atoms with Crippen LogP contribution in [-0.2, 0) is 6.61 Å². The molecule has 0 saturated heterocycles. The maximum atomic E-state index is 12.2. The quantitative estimate of drug-likeness (QED) is 0.767. The Kier molecular flexibility index (Phi) is 4.37. The molecule has 3 aromatic rings. The van der Waals surface area contributed by atoms with E-state index in [1.807, 2.05) is 6.07 Å². The van der Waals surface area contributed by atoms with Crippen LogP contribution in [0.25, 0.3) is 11.1 Å². The minimum absolute atomic E-state index is 0.260. The molecule has 0 radical (unpaired) electrons. The minimum atomic E-state index is -4.70. The molecule has 0 atom stereocenters. The molecule has 0 aliphatic heterocycles. The number of H-pyrrole nitrogens is 1. The van der Waals surface area contributed by atoms with Crippen LogP contribution in [0.1, 0.15) is 5.69 Å². The van der Waals surface area contributed by atoms with Crippen molar-refractivity contribution in [1.29, 1.82) is 0 Å². The van der Waals surface area contributed by atoms with Gasteiger partial charge in [-0.15, -0.1) is 18.3 Å². The number of halogens is 3. The monoisotopic (exact) mass is 335 g/mol.